The van der Waals surface area contributed by atoms with Gasteiger partial charge in [-0.1, -0.05) is 31.2 Å². The van der Waals surface area contributed by atoms with Crippen LogP contribution in [0.3, 0.4) is 0 Å². The van der Waals surface area contributed by atoms with Gasteiger partial charge in [0, 0.05) is 13.2 Å². The van der Waals surface area contributed by atoms with E-state index in [2.05, 4.69) is 34.7 Å². The number of nitrogens with zero attached hydrogens (tertiary/aromatic N) is 1. The van der Waals surface area contributed by atoms with Gasteiger partial charge >= 0.3 is 0 Å². The van der Waals surface area contributed by atoms with Crippen molar-refractivity contribution in [2.45, 2.75) is 52.9 Å². The van der Waals surface area contributed by atoms with E-state index in [1.807, 2.05) is 32.0 Å². The van der Waals surface area contributed by atoms with Crippen molar-refractivity contribution in [1.29, 1.82) is 0 Å². The summed E-state index contributed by atoms with van der Waals surface area (Å²) in [4.78, 5) is 4.67. The first-order valence-corrected chi connectivity index (χ1v) is 9.92. The second kappa shape index (κ2) is 10.9. The number of aliphatic hydroxyl groups is 1. The van der Waals surface area contributed by atoms with Gasteiger partial charge in [-0.15, -0.1) is 0 Å². The largest absolute Gasteiger partial charge is 0.463 e. The molecule has 0 amide bonds. The standard InChI is InChI=1S/C22H33N3O3/c1-5-13-27-15-19-10-8-7-9-18(19)14-24-21(23-6-2)25-16-22(4,26)20-12-11-17(3)28-20/h7-12,26H,5-6,13-16H2,1-4H3,(H2,23,24,25). The molecule has 0 fully saturated rings. The molecule has 2 aromatic rings. The number of hydrogen-bond acceptors (Lipinski definition) is 4. The molecule has 154 valence electrons. The molecule has 1 aromatic carbocycles. The number of rotatable bonds is 10. The van der Waals surface area contributed by atoms with Crippen molar-refractivity contribution < 1.29 is 14.3 Å². The number of nitrogens with one attached hydrogen (secondary N) is 2. The van der Waals surface area contributed by atoms with Gasteiger partial charge in [-0.25, -0.2) is 4.99 Å². The van der Waals surface area contributed by atoms with Gasteiger partial charge in [0.15, 0.2) is 5.96 Å². The van der Waals surface area contributed by atoms with Gasteiger partial charge in [0.05, 0.1) is 19.7 Å². The van der Waals surface area contributed by atoms with E-state index in [-0.39, 0.29) is 6.54 Å². The third-order valence-corrected chi connectivity index (χ3v) is 4.35. The Balaban J connectivity index is 2.02. The lowest BCUT2D eigenvalue weighted by Crippen LogP contribution is -2.44. The molecule has 6 heteroatoms. The third-order valence-electron chi connectivity index (χ3n) is 4.35. The van der Waals surface area contributed by atoms with Crippen LogP contribution in [0, 0.1) is 6.92 Å². The first-order chi connectivity index (χ1) is 13.5. The van der Waals surface area contributed by atoms with E-state index in [4.69, 9.17) is 9.15 Å². The molecule has 1 heterocycles. The fraction of sp³-hybridized carbons (Fsp3) is 0.500. The van der Waals surface area contributed by atoms with Gasteiger partial charge in [0.1, 0.15) is 17.1 Å². The van der Waals surface area contributed by atoms with E-state index in [0.717, 1.165) is 36.5 Å². The molecule has 1 unspecified atom stereocenters. The van der Waals surface area contributed by atoms with E-state index in [9.17, 15) is 5.11 Å². The molecular formula is C22H33N3O3. The number of furan rings is 1. The van der Waals surface area contributed by atoms with Crippen molar-refractivity contribution in [3.8, 4) is 0 Å². The molecule has 0 aliphatic heterocycles. The summed E-state index contributed by atoms with van der Waals surface area (Å²) in [5.41, 5.74) is 1.15. The Morgan fingerprint density at radius 3 is 2.54 bits per heavy atom. The molecule has 0 aliphatic rings. The Bertz CT molecular complexity index is 753. The summed E-state index contributed by atoms with van der Waals surface area (Å²) >= 11 is 0. The fourth-order valence-electron chi connectivity index (χ4n) is 2.75. The van der Waals surface area contributed by atoms with Crippen LogP contribution in [0.15, 0.2) is 45.8 Å². The Hall–Kier alpha value is -2.31. The van der Waals surface area contributed by atoms with Crippen molar-refractivity contribution in [2.24, 2.45) is 4.99 Å². The van der Waals surface area contributed by atoms with Crippen LogP contribution in [0.25, 0.3) is 0 Å². The minimum absolute atomic E-state index is 0.285. The summed E-state index contributed by atoms with van der Waals surface area (Å²) in [6.45, 7) is 10.6. The zero-order chi connectivity index (χ0) is 20.4. The highest BCUT2D eigenvalue weighted by Crippen LogP contribution is 2.21. The number of ether oxygens (including phenoxy) is 1. The molecule has 0 saturated heterocycles. The van der Waals surface area contributed by atoms with Crippen molar-refractivity contribution >= 4 is 5.96 Å². The first-order valence-electron chi connectivity index (χ1n) is 9.92. The molecule has 0 saturated carbocycles. The average Bonchev–Trinajstić information content (AvgIpc) is 3.12. The quantitative estimate of drug-likeness (QED) is 0.330. The number of hydrogen-bond donors (Lipinski definition) is 3. The lowest BCUT2D eigenvalue weighted by atomic mass is 10.0. The molecule has 3 N–H and O–H groups in total. The molecule has 6 nitrogen and oxygen atoms in total. The highest BCUT2D eigenvalue weighted by molar-refractivity contribution is 5.79. The van der Waals surface area contributed by atoms with Crippen LogP contribution in [-0.4, -0.2) is 30.8 Å². The second-order valence-corrected chi connectivity index (χ2v) is 7.05. The molecule has 0 spiro atoms. The molecule has 1 aromatic heterocycles. The maximum atomic E-state index is 10.7. The van der Waals surface area contributed by atoms with Gasteiger partial charge in [-0.05, 0) is 50.5 Å². The highest BCUT2D eigenvalue weighted by atomic mass is 16.5. The first kappa shape index (κ1) is 22.0. The predicted molar refractivity (Wildman–Crippen MR) is 112 cm³/mol. The van der Waals surface area contributed by atoms with Gasteiger partial charge in [-0.3, -0.25) is 0 Å². The summed E-state index contributed by atoms with van der Waals surface area (Å²) in [6.07, 6.45) is 1.00. The van der Waals surface area contributed by atoms with Crippen LogP contribution in [0.4, 0.5) is 0 Å². The van der Waals surface area contributed by atoms with E-state index < -0.39 is 5.60 Å². The van der Waals surface area contributed by atoms with Crippen LogP contribution in [0.1, 0.15) is 49.8 Å². The van der Waals surface area contributed by atoms with Crippen LogP contribution in [0.5, 0.6) is 0 Å². The minimum atomic E-state index is -1.13. The van der Waals surface area contributed by atoms with Crippen LogP contribution in [-0.2, 0) is 23.5 Å². The Kier molecular flexibility index (Phi) is 8.54. The Morgan fingerprint density at radius 1 is 1.14 bits per heavy atom. The molecule has 0 aliphatic carbocycles. The van der Waals surface area contributed by atoms with Crippen molar-refractivity contribution in [3.05, 3.63) is 59.0 Å². The average molecular weight is 388 g/mol. The summed E-state index contributed by atoms with van der Waals surface area (Å²) < 4.78 is 11.3. The zero-order valence-electron chi connectivity index (χ0n) is 17.4. The molecule has 2 rings (SSSR count). The van der Waals surface area contributed by atoms with E-state index in [1.54, 1.807) is 13.0 Å². The number of aliphatic imine (C=N–C) groups is 1. The van der Waals surface area contributed by atoms with Crippen molar-refractivity contribution in [1.82, 2.24) is 10.6 Å². The normalized spacial score (nSPS) is 14.0. The Labute approximate surface area is 168 Å². The topological polar surface area (TPSA) is 79.0 Å². The van der Waals surface area contributed by atoms with E-state index in [0.29, 0.717) is 24.9 Å². The zero-order valence-corrected chi connectivity index (χ0v) is 17.4. The van der Waals surface area contributed by atoms with Crippen LogP contribution in [0.2, 0.25) is 0 Å². The monoisotopic (exact) mass is 387 g/mol. The minimum Gasteiger partial charge on any atom is -0.463 e. The van der Waals surface area contributed by atoms with Gasteiger partial charge < -0.3 is 24.9 Å². The van der Waals surface area contributed by atoms with Crippen molar-refractivity contribution in [3.63, 3.8) is 0 Å². The molecule has 0 bridgehead atoms. The molecule has 1 atom stereocenters. The number of benzene rings is 1. The summed E-state index contributed by atoms with van der Waals surface area (Å²) in [7, 11) is 0. The highest BCUT2D eigenvalue weighted by Gasteiger charge is 2.27. The lowest BCUT2D eigenvalue weighted by Gasteiger charge is -2.23. The predicted octanol–water partition coefficient (Wildman–Crippen LogP) is 3.48. The lowest BCUT2D eigenvalue weighted by molar-refractivity contribution is 0.0378. The number of aryl methyl sites for hydroxylation is 1. The molecular weight excluding hydrogens is 354 g/mol. The van der Waals surface area contributed by atoms with E-state index >= 15 is 0 Å². The summed E-state index contributed by atoms with van der Waals surface area (Å²) in [6, 6.07) is 11.8. The summed E-state index contributed by atoms with van der Waals surface area (Å²) in [5, 5.41) is 17.1. The van der Waals surface area contributed by atoms with E-state index in [1.165, 1.54) is 0 Å². The Morgan fingerprint density at radius 2 is 1.89 bits per heavy atom. The van der Waals surface area contributed by atoms with Crippen LogP contribution >= 0.6 is 0 Å². The summed E-state index contributed by atoms with van der Waals surface area (Å²) in [5.74, 6) is 1.96. The fourth-order valence-corrected chi connectivity index (χ4v) is 2.75. The molecule has 28 heavy (non-hydrogen) atoms. The van der Waals surface area contributed by atoms with Crippen LogP contribution < -0.4 is 10.6 Å². The smallest absolute Gasteiger partial charge is 0.191 e. The SMILES string of the molecule is CCCOCc1ccccc1CN=C(NCC)NCC(C)(O)c1ccc(C)o1. The third kappa shape index (κ3) is 6.69. The second-order valence-electron chi connectivity index (χ2n) is 7.05. The molecule has 0 radical (unpaired) electrons. The maximum absolute atomic E-state index is 10.7. The maximum Gasteiger partial charge on any atom is 0.191 e. The van der Waals surface area contributed by atoms with Gasteiger partial charge in [0.25, 0.3) is 0 Å². The van der Waals surface area contributed by atoms with Crippen molar-refractivity contribution in [2.75, 3.05) is 19.7 Å². The van der Waals surface area contributed by atoms with Gasteiger partial charge in [0.2, 0.25) is 0 Å². The van der Waals surface area contributed by atoms with Gasteiger partial charge in [-0.2, -0.15) is 0 Å². The number of guanidine groups is 1.